The molecule has 2 fully saturated rings. The fourth-order valence-electron chi connectivity index (χ4n) is 3.00. The van der Waals surface area contributed by atoms with Gasteiger partial charge in [0.25, 0.3) is 0 Å². The molecule has 1 aliphatic heterocycles. The van der Waals surface area contributed by atoms with Crippen LogP contribution >= 0.6 is 0 Å². The van der Waals surface area contributed by atoms with Gasteiger partial charge in [-0.2, -0.15) is 0 Å². The Bertz CT molecular complexity index is 230. The fourth-order valence-corrected chi connectivity index (χ4v) is 3.00. The van der Waals surface area contributed by atoms with Gasteiger partial charge < -0.3 is 10.6 Å². The van der Waals surface area contributed by atoms with Crippen LogP contribution in [0.2, 0.25) is 0 Å². The molecule has 1 saturated heterocycles. The monoisotopic (exact) mass is 224 g/mol. The van der Waals surface area contributed by atoms with Crippen molar-refractivity contribution in [2.24, 2.45) is 11.8 Å². The first-order chi connectivity index (χ1) is 7.77. The largest absolute Gasteiger partial charge is 0.353 e. The summed E-state index contributed by atoms with van der Waals surface area (Å²) in [5.41, 5.74) is 0. The van der Waals surface area contributed by atoms with Crippen molar-refractivity contribution in [3.63, 3.8) is 0 Å². The van der Waals surface area contributed by atoms with Crippen LogP contribution in [-0.4, -0.2) is 25.0 Å². The van der Waals surface area contributed by atoms with Crippen molar-refractivity contribution in [2.45, 2.75) is 51.5 Å². The van der Waals surface area contributed by atoms with Gasteiger partial charge in [0.2, 0.25) is 5.91 Å². The van der Waals surface area contributed by atoms with Crippen LogP contribution in [0.3, 0.4) is 0 Å². The first kappa shape index (κ1) is 11.9. The number of carbonyl (C=O) groups excluding carboxylic acids is 1. The van der Waals surface area contributed by atoms with E-state index in [0.717, 1.165) is 31.8 Å². The van der Waals surface area contributed by atoms with Crippen molar-refractivity contribution in [2.75, 3.05) is 13.1 Å². The Morgan fingerprint density at radius 1 is 1.19 bits per heavy atom. The number of hydrogen-bond acceptors (Lipinski definition) is 2. The third kappa shape index (κ3) is 2.97. The Balaban J connectivity index is 1.76. The zero-order valence-corrected chi connectivity index (χ0v) is 10.3. The van der Waals surface area contributed by atoms with E-state index >= 15 is 0 Å². The van der Waals surface area contributed by atoms with E-state index in [1.165, 1.54) is 25.7 Å². The highest BCUT2D eigenvalue weighted by atomic mass is 16.1. The molecule has 92 valence electrons. The summed E-state index contributed by atoms with van der Waals surface area (Å²) in [6.07, 6.45) is 7.30. The molecule has 1 amide bonds. The molecule has 0 aromatic carbocycles. The molecule has 2 N–H and O–H groups in total. The van der Waals surface area contributed by atoms with E-state index in [2.05, 4.69) is 17.6 Å². The molecule has 0 spiro atoms. The Kier molecular flexibility index (Phi) is 4.22. The van der Waals surface area contributed by atoms with E-state index in [1.807, 2.05) is 0 Å². The third-order valence-electron chi connectivity index (χ3n) is 4.19. The number of amides is 1. The predicted molar refractivity (Wildman–Crippen MR) is 65.2 cm³/mol. The molecule has 0 aromatic heterocycles. The van der Waals surface area contributed by atoms with Gasteiger partial charge in [-0.25, -0.2) is 0 Å². The lowest BCUT2D eigenvalue weighted by Gasteiger charge is -2.26. The van der Waals surface area contributed by atoms with Gasteiger partial charge in [-0.1, -0.05) is 12.8 Å². The first-order valence-corrected chi connectivity index (χ1v) is 6.78. The Hall–Kier alpha value is -0.570. The van der Waals surface area contributed by atoms with Crippen LogP contribution in [0, 0.1) is 11.8 Å². The quantitative estimate of drug-likeness (QED) is 0.766. The summed E-state index contributed by atoms with van der Waals surface area (Å²) < 4.78 is 0. The molecule has 1 heterocycles. The SMILES string of the molecule is C[C@@H](NC(=O)C1CCNCC1)C1CCCC1. The van der Waals surface area contributed by atoms with Gasteiger partial charge in [0, 0.05) is 12.0 Å². The summed E-state index contributed by atoms with van der Waals surface area (Å²) in [5, 5.41) is 6.52. The summed E-state index contributed by atoms with van der Waals surface area (Å²) >= 11 is 0. The predicted octanol–water partition coefficient (Wildman–Crippen LogP) is 1.68. The minimum absolute atomic E-state index is 0.255. The molecule has 0 aromatic rings. The van der Waals surface area contributed by atoms with Gasteiger partial charge in [0.05, 0.1) is 0 Å². The summed E-state index contributed by atoms with van der Waals surface area (Å²) in [4.78, 5) is 12.0. The van der Waals surface area contributed by atoms with Crippen LogP contribution in [0.1, 0.15) is 45.4 Å². The lowest BCUT2D eigenvalue weighted by atomic mass is 9.95. The molecule has 0 radical (unpaired) electrons. The van der Waals surface area contributed by atoms with Crippen LogP contribution in [0.5, 0.6) is 0 Å². The molecule has 2 aliphatic rings. The summed E-state index contributed by atoms with van der Waals surface area (Å²) in [7, 11) is 0. The maximum Gasteiger partial charge on any atom is 0.223 e. The first-order valence-electron chi connectivity index (χ1n) is 6.78. The Morgan fingerprint density at radius 2 is 1.81 bits per heavy atom. The normalized spacial score (nSPS) is 25.6. The maximum absolute atomic E-state index is 12.0. The third-order valence-corrected chi connectivity index (χ3v) is 4.19. The van der Waals surface area contributed by atoms with Crippen LogP contribution in [0.25, 0.3) is 0 Å². The second-order valence-electron chi connectivity index (χ2n) is 5.37. The van der Waals surface area contributed by atoms with Gasteiger partial charge in [-0.15, -0.1) is 0 Å². The van der Waals surface area contributed by atoms with Crippen molar-refractivity contribution in [3.05, 3.63) is 0 Å². The van der Waals surface area contributed by atoms with E-state index < -0.39 is 0 Å². The highest BCUT2D eigenvalue weighted by Crippen LogP contribution is 2.27. The average molecular weight is 224 g/mol. The molecule has 1 aliphatic carbocycles. The molecule has 1 atom stereocenters. The highest BCUT2D eigenvalue weighted by Gasteiger charge is 2.26. The van der Waals surface area contributed by atoms with Crippen molar-refractivity contribution in [1.82, 2.24) is 10.6 Å². The van der Waals surface area contributed by atoms with E-state index in [-0.39, 0.29) is 5.92 Å². The van der Waals surface area contributed by atoms with E-state index in [0.29, 0.717) is 11.9 Å². The van der Waals surface area contributed by atoms with E-state index in [1.54, 1.807) is 0 Å². The second kappa shape index (κ2) is 5.67. The average Bonchev–Trinajstić information content (AvgIpc) is 2.83. The molecular weight excluding hydrogens is 200 g/mol. The minimum Gasteiger partial charge on any atom is -0.353 e. The number of carbonyl (C=O) groups is 1. The maximum atomic E-state index is 12.0. The van der Waals surface area contributed by atoms with Crippen LogP contribution < -0.4 is 10.6 Å². The lowest BCUT2D eigenvalue weighted by molar-refractivity contribution is -0.126. The second-order valence-corrected chi connectivity index (χ2v) is 5.37. The fraction of sp³-hybridized carbons (Fsp3) is 0.923. The molecule has 1 saturated carbocycles. The van der Waals surface area contributed by atoms with Crippen molar-refractivity contribution < 1.29 is 4.79 Å². The summed E-state index contributed by atoms with van der Waals surface area (Å²) in [5.74, 6) is 1.27. The van der Waals surface area contributed by atoms with Gasteiger partial charge in [-0.3, -0.25) is 4.79 Å². The molecular formula is C13H24N2O. The van der Waals surface area contributed by atoms with Gasteiger partial charge in [0.15, 0.2) is 0 Å². The summed E-state index contributed by atoms with van der Waals surface area (Å²) in [6, 6.07) is 0.380. The zero-order valence-electron chi connectivity index (χ0n) is 10.3. The lowest BCUT2D eigenvalue weighted by Crippen LogP contribution is -2.43. The number of nitrogens with one attached hydrogen (secondary N) is 2. The topological polar surface area (TPSA) is 41.1 Å². The molecule has 2 rings (SSSR count). The van der Waals surface area contributed by atoms with Crippen LogP contribution in [0.4, 0.5) is 0 Å². The van der Waals surface area contributed by atoms with Crippen LogP contribution in [-0.2, 0) is 4.79 Å². The van der Waals surface area contributed by atoms with Crippen LogP contribution in [0.15, 0.2) is 0 Å². The van der Waals surface area contributed by atoms with E-state index in [9.17, 15) is 4.79 Å². The van der Waals surface area contributed by atoms with Gasteiger partial charge >= 0.3 is 0 Å². The molecule has 0 bridgehead atoms. The van der Waals surface area contributed by atoms with Crippen molar-refractivity contribution in [1.29, 1.82) is 0 Å². The van der Waals surface area contributed by atoms with Gasteiger partial charge in [-0.05, 0) is 51.6 Å². The Labute approximate surface area is 98.4 Å². The highest BCUT2D eigenvalue weighted by molar-refractivity contribution is 5.79. The standard InChI is InChI=1S/C13H24N2O/c1-10(11-4-2-3-5-11)15-13(16)12-6-8-14-9-7-12/h10-12,14H,2-9H2,1H3,(H,15,16)/t10-/m1/s1. The molecule has 0 unspecified atom stereocenters. The smallest absolute Gasteiger partial charge is 0.223 e. The van der Waals surface area contributed by atoms with Gasteiger partial charge in [0.1, 0.15) is 0 Å². The van der Waals surface area contributed by atoms with E-state index in [4.69, 9.17) is 0 Å². The minimum atomic E-state index is 0.255. The zero-order chi connectivity index (χ0) is 11.4. The summed E-state index contributed by atoms with van der Waals surface area (Å²) in [6.45, 7) is 4.17. The Morgan fingerprint density at radius 3 is 2.44 bits per heavy atom. The molecule has 3 heteroatoms. The number of piperidine rings is 1. The van der Waals surface area contributed by atoms with Crippen molar-refractivity contribution in [3.8, 4) is 0 Å². The number of rotatable bonds is 3. The number of hydrogen-bond donors (Lipinski definition) is 2. The van der Waals surface area contributed by atoms with Crippen molar-refractivity contribution >= 4 is 5.91 Å². The molecule has 3 nitrogen and oxygen atoms in total. The molecule has 16 heavy (non-hydrogen) atoms.